The van der Waals surface area contributed by atoms with E-state index in [9.17, 15) is 15.3 Å². The largest absolute Gasteiger partial charge is 0.373 e. The van der Waals surface area contributed by atoms with Crippen molar-refractivity contribution in [1.82, 2.24) is 0 Å². The fourth-order valence-corrected chi connectivity index (χ4v) is 1.73. The van der Waals surface area contributed by atoms with E-state index in [0.29, 0.717) is 26.1 Å². The van der Waals surface area contributed by atoms with Gasteiger partial charge in [-0.25, -0.2) is 0 Å². The second-order valence-electron chi connectivity index (χ2n) is 4.52. The molecule has 82 valence electrons. The lowest BCUT2D eigenvalue weighted by atomic mass is 9.78. The third-order valence-corrected chi connectivity index (χ3v) is 2.97. The molecule has 3 N–H and O–H groups in total. The van der Waals surface area contributed by atoms with Crippen LogP contribution in [-0.4, -0.2) is 46.7 Å². The van der Waals surface area contributed by atoms with Crippen LogP contribution in [0, 0.1) is 5.41 Å². The fraction of sp³-hybridized carbons (Fsp3) is 1.00. The predicted molar refractivity (Wildman–Crippen MR) is 46.2 cm³/mol. The highest BCUT2D eigenvalue weighted by molar-refractivity contribution is 4.91. The molecule has 2 heterocycles. The molecule has 5 nitrogen and oxygen atoms in total. The minimum Gasteiger partial charge on any atom is -0.373 e. The number of hydrogen-bond acceptors (Lipinski definition) is 5. The van der Waals surface area contributed by atoms with Crippen LogP contribution in [0.2, 0.25) is 0 Å². The van der Waals surface area contributed by atoms with E-state index in [-0.39, 0.29) is 12.2 Å². The van der Waals surface area contributed by atoms with E-state index in [0.717, 1.165) is 0 Å². The maximum absolute atomic E-state index is 9.29. The lowest BCUT2D eigenvalue weighted by Crippen LogP contribution is -2.48. The Labute approximate surface area is 82.3 Å². The summed E-state index contributed by atoms with van der Waals surface area (Å²) in [5, 5.41) is 27.9. The summed E-state index contributed by atoms with van der Waals surface area (Å²) in [6.45, 7) is 2.91. The van der Waals surface area contributed by atoms with Crippen molar-refractivity contribution < 1.29 is 24.8 Å². The van der Waals surface area contributed by atoms with Crippen LogP contribution >= 0.6 is 0 Å². The van der Waals surface area contributed by atoms with Gasteiger partial charge in [-0.05, 0) is 12.8 Å². The van der Waals surface area contributed by atoms with Crippen molar-refractivity contribution in [1.29, 1.82) is 0 Å². The molecule has 0 amide bonds. The first-order valence-corrected chi connectivity index (χ1v) is 4.81. The van der Waals surface area contributed by atoms with Crippen molar-refractivity contribution in [2.24, 2.45) is 5.41 Å². The standard InChI is InChI=1S/C9H16O5/c1-8(9(10,11)12,2-6-4-13-6)3-7-5-14-7/h6-7,10-12H,2-5H2,1H3. The molecule has 2 rings (SSSR count). The zero-order valence-corrected chi connectivity index (χ0v) is 8.14. The van der Waals surface area contributed by atoms with E-state index in [2.05, 4.69) is 0 Å². The summed E-state index contributed by atoms with van der Waals surface area (Å²) in [5.74, 6) is -2.66. The van der Waals surface area contributed by atoms with Crippen molar-refractivity contribution in [3.63, 3.8) is 0 Å². The number of hydrogen-bond donors (Lipinski definition) is 3. The number of aliphatic hydroxyl groups is 3. The van der Waals surface area contributed by atoms with E-state index in [4.69, 9.17) is 9.47 Å². The maximum atomic E-state index is 9.29. The van der Waals surface area contributed by atoms with E-state index >= 15 is 0 Å². The van der Waals surface area contributed by atoms with Gasteiger partial charge in [0.25, 0.3) is 5.97 Å². The van der Waals surface area contributed by atoms with Crippen LogP contribution in [0.25, 0.3) is 0 Å². The average molecular weight is 204 g/mol. The summed E-state index contributed by atoms with van der Waals surface area (Å²) in [7, 11) is 0. The molecule has 0 aliphatic carbocycles. The molecule has 2 fully saturated rings. The van der Waals surface area contributed by atoms with E-state index in [1.54, 1.807) is 6.92 Å². The van der Waals surface area contributed by atoms with Gasteiger partial charge in [0.2, 0.25) is 0 Å². The van der Waals surface area contributed by atoms with Gasteiger partial charge in [-0.3, -0.25) is 0 Å². The van der Waals surface area contributed by atoms with Crippen LogP contribution < -0.4 is 0 Å². The van der Waals surface area contributed by atoms with Crippen LogP contribution in [0.4, 0.5) is 0 Å². The normalized spacial score (nSPS) is 35.1. The molecule has 2 saturated heterocycles. The Morgan fingerprint density at radius 3 is 1.64 bits per heavy atom. The Kier molecular flexibility index (Phi) is 2.32. The van der Waals surface area contributed by atoms with Gasteiger partial charge >= 0.3 is 0 Å². The van der Waals surface area contributed by atoms with Crippen molar-refractivity contribution in [3.05, 3.63) is 0 Å². The molecule has 0 aromatic rings. The average Bonchev–Trinajstić information content (AvgIpc) is 2.80. The predicted octanol–water partition coefficient (Wildman–Crippen LogP) is -0.799. The second kappa shape index (κ2) is 3.15. The third-order valence-electron chi connectivity index (χ3n) is 2.97. The lowest BCUT2D eigenvalue weighted by Gasteiger charge is -2.36. The van der Waals surface area contributed by atoms with Gasteiger partial charge < -0.3 is 24.8 Å². The lowest BCUT2D eigenvalue weighted by molar-refractivity contribution is -0.374. The highest BCUT2D eigenvalue weighted by Crippen LogP contribution is 2.42. The van der Waals surface area contributed by atoms with Gasteiger partial charge in [0.1, 0.15) is 0 Å². The highest BCUT2D eigenvalue weighted by atomic mass is 16.7. The molecule has 0 aromatic heterocycles. The van der Waals surface area contributed by atoms with Crippen LogP contribution in [0.1, 0.15) is 19.8 Å². The minimum atomic E-state index is -2.66. The van der Waals surface area contributed by atoms with E-state index in [1.165, 1.54) is 0 Å². The fourth-order valence-electron chi connectivity index (χ4n) is 1.73. The summed E-state index contributed by atoms with van der Waals surface area (Å²) in [4.78, 5) is 0. The van der Waals surface area contributed by atoms with Gasteiger partial charge in [0.15, 0.2) is 0 Å². The molecule has 2 atom stereocenters. The molecule has 2 aliphatic rings. The van der Waals surface area contributed by atoms with Gasteiger partial charge in [0, 0.05) is 0 Å². The first kappa shape index (κ1) is 10.3. The molecule has 0 spiro atoms. The summed E-state index contributed by atoms with van der Waals surface area (Å²) < 4.78 is 10.1. The minimum absolute atomic E-state index is 0.0459. The Morgan fingerprint density at radius 2 is 1.43 bits per heavy atom. The molecule has 0 bridgehead atoms. The van der Waals surface area contributed by atoms with E-state index in [1.807, 2.05) is 0 Å². The van der Waals surface area contributed by atoms with Gasteiger partial charge in [-0.15, -0.1) is 0 Å². The molecule has 0 radical (unpaired) electrons. The number of ether oxygens (including phenoxy) is 2. The topological polar surface area (TPSA) is 85.8 Å². The smallest absolute Gasteiger partial charge is 0.281 e. The molecule has 0 aromatic carbocycles. The van der Waals surface area contributed by atoms with Crippen LogP contribution in [-0.2, 0) is 9.47 Å². The van der Waals surface area contributed by atoms with Gasteiger partial charge in [0.05, 0.1) is 30.8 Å². The molecular formula is C9H16O5. The highest BCUT2D eigenvalue weighted by Gasteiger charge is 2.51. The van der Waals surface area contributed by atoms with Gasteiger partial charge in [-0.1, -0.05) is 6.92 Å². The Hall–Kier alpha value is -0.200. The summed E-state index contributed by atoms with van der Waals surface area (Å²) in [6, 6.07) is 0. The zero-order valence-electron chi connectivity index (χ0n) is 8.14. The summed E-state index contributed by atoms with van der Waals surface area (Å²) >= 11 is 0. The third kappa shape index (κ3) is 2.24. The molecular weight excluding hydrogens is 188 g/mol. The molecule has 2 unspecified atom stereocenters. The monoisotopic (exact) mass is 204 g/mol. The molecule has 0 saturated carbocycles. The van der Waals surface area contributed by atoms with Crippen molar-refractivity contribution in [3.8, 4) is 0 Å². The molecule has 5 heteroatoms. The summed E-state index contributed by atoms with van der Waals surface area (Å²) in [5.41, 5.74) is -0.977. The SMILES string of the molecule is CC(CC1CO1)(CC1CO1)C(O)(O)O. The number of epoxide rings is 2. The number of rotatable bonds is 5. The summed E-state index contributed by atoms with van der Waals surface area (Å²) in [6.07, 6.45) is 0.973. The molecule has 2 aliphatic heterocycles. The Balaban J connectivity index is 2.00. The molecule has 14 heavy (non-hydrogen) atoms. The van der Waals surface area contributed by atoms with Crippen molar-refractivity contribution in [2.45, 2.75) is 37.9 Å². The van der Waals surface area contributed by atoms with Crippen molar-refractivity contribution in [2.75, 3.05) is 13.2 Å². The quantitative estimate of drug-likeness (QED) is 0.403. The van der Waals surface area contributed by atoms with E-state index < -0.39 is 11.4 Å². The Bertz CT molecular complexity index is 200. The second-order valence-corrected chi connectivity index (χ2v) is 4.52. The Morgan fingerprint density at radius 1 is 1.07 bits per heavy atom. The van der Waals surface area contributed by atoms with Crippen LogP contribution in [0.15, 0.2) is 0 Å². The zero-order chi connectivity index (χ0) is 10.4. The first-order chi connectivity index (χ1) is 6.41. The van der Waals surface area contributed by atoms with Crippen LogP contribution in [0.3, 0.4) is 0 Å². The maximum Gasteiger partial charge on any atom is 0.281 e. The van der Waals surface area contributed by atoms with Crippen LogP contribution in [0.5, 0.6) is 0 Å². The van der Waals surface area contributed by atoms with Gasteiger partial charge in [-0.2, -0.15) is 0 Å². The first-order valence-electron chi connectivity index (χ1n) is 4.81. The van der Waals surface area contributed by atoms with Crippen molar-refractivity contribution >= 4 is 0 Å².